The van der Waals surface area contributed by atoms with Crippen LogP contribution in [0.4, 0.5) is 10.8 Å². The van der Waals surface area contributed by atoms with Crippen molar-refractivity contribution in [2.24, 2.45) is 0 Å². The third-order valence-electron chi connectivity index (χ3n) is 2.49. The summed E-state index contributed by atoms with van der Waals surface area (Å²) in [5.74, 6) is 0.670. The molecule has 0 bridgehead atoms. The summed E-state index contributed by atoms with van der Waals surface area (Å²) in [6.45, 7) is 5.53. The summed E-state index contributed by atoms with van der Waals surface area (Å²) in [7, 11) is 1.61. The normalized spacial score (nSPS) is 11.1. The first-order valence-electron chi connectivity index (χ1n) is 6.95. The second kappa shape index (κ2) is 7.65. The van der Waals surface area contributed by atoms with E-state index in [1.807, 2.05) is 45.0 Å². The van der Waals surface area contributed by atoms with E-state index >= 15 is 0 Å². The van der Waals surface area contributed by atoms with E-state index in [4.69, 9.17) is 9.47 Å². The predicted octanol–water partition coefficient (Wildman–Crippen LogP) is 3.72. The Bertz CT molecular complexity index is 668. The average molecular weight is 353 g/mol. The van der Waals surface area contributed by atoms with Crippen LogP contribution in [0.5, 0.6) is 5.75 Å². The average Bonchev–Trinajstić information content (AvgIpc) is 2.91. The minimum Gasteiger partial charge on any atom is -0.495 e. The van der Waals surface area contributed by atoms with Gasteiger partial charge in [-0.3, -0.25) is 4.79 Å². The van der Waals surface area contributed by atoms with Gasteiger partial charge in [-0.15, -0.1) is 10.2 Å². The number of rotatable bonds is 6. The molecule has 0 spiro atoms. The highest BCUT2D eigenvalue weighted by Gasteiger charge is 2.17. The van der Waals surface area contributed by atoms with Gasteiger partial charge in [-0.05, 0) is 32.9 Å². The van der Waals surface area contributed by atoms with Crippen molar-refractivity contribution in [2.75, 3.05) is 18.2 Å². The lowest BCUT2D eigenvalue weighted by Crippen LogP contribution is -2.24. The third-order valence-corrected chi connectivity index (χ3v) is 4.43. The summed E-state index contributed by atoms with van der Waals surface area (Å²) in [5.41, 5.74) is 0.338. The second-order valence-corrected chi connectivity index (χ2v) is 7.77. The standard InChI is InChI=1S/C15H19N3O3S2/c1-15(2,3)21-12(19)9-22-14-18-17-13(23-14)16-10-7-5-6-8-11(10)20-4/h5-8H,9H2,1-4H3,(H,16,17). The maximum absolute atomic E-state index is 11.7. The number of aromatic nitrogens is 2. The molecule has 0 radical (unpaired) electrons. The van der Waals surface area contributed by atoms with E-state index in [9.17, 15) is 4.79 Å². The number of carbonyl (C=O) groups is 1. The van der Waals surface area contributed by atoms with Gasteiger partial charge in [0, 0.05) is 0 Å². The van der Waals surface area contributed by atoms with Crippen molar-refractivity contribution in [2.45, 2.75) is 30.7 Å². The number of hydrogen-bond donors (Lipinski definition) is 1. The molecule has 0 aliphatic carbocycles. The Labute approximate surface area is 143 Å². The van der Waals surface area contributed by atoms with E-state index in [0.717, 1.165) is 11.4 Å². The number of nitrogens with one attached hydrogen (secondary N) is 1. The van der Waals surface area contributed by atoms with Gasteiger partial charge in [-0.1, -0.05) is 35.2 Å². The van der Waals surface area contributed by atoms with Gasteiger partial charge in [0.1, 0.15) is 11.4 Å². The molecule has 6 nitrogen and oxygen atoms in total. The van der Waals surface area contributed by atoms with Gasteiger partial charge >= 0.3 is 5.97 Å². The molecule has 1 aromatic heterocycles. The smallest absolute Gasteiger partial charge is 0.316 e. The van der Waals surface area contributed by atoms with Crippen molar-refractivity contribution in [3.8, 4) is 5.75 Å². The Hall–Kier alpha value is -1.80. The maximum Gasteiger partial charge on any atom is 0.316 e. The van der Waals surface area contributed by atoms with Gasteiger partial charge < -0.3 is 14.8 Å². The van der Waals surface area contributed by atoms with Crippen LogP contribution in [0.3, 0.4) is 0 Å². The minimum atomic E-state index is -0.477. The highest BCUT2D eigenvalue weighted by atomic mass is 32.2. The summed E-state index contributed by atoms with van der Waals surface area (Å²) in [5, 5.41) is 11.9. The van der Waals surface area contributed by atoms with Crippen molar-refractivity contribution in [1.82, 2.24) is 10.2 Å². The van der Waals surface area contributed by atoms with Crippen LogP contribution in [0.25, 0.3) is 0 Å². The Morgan fingerprint density at radius 1 is 1.30 bits per heavy atom. The van der Waals surface area contributed by atoms with E-state index in [0.29, 0.717) is 9.47 Å². The summed E-state index contributed by atoms with van der Waals surface area (Å²) in [6, 6.07) is 7.56. The summed E-state index contributed by atoms with van der Waals surface area (Å²) < 4.78 is 11.2. The Balaban J connectivity index is 1.92. The first kappa shape index (κ1) is 17.6. The molecule has 0 unspecified atom stereocenters. The molecule has 8 heteroatoms. The lowest BCUT2D eigenvalue weighted by atomic mass is 10.2. The molecule has 0 saturated heterocycles. The van der Waals surface area contributed by atoms with Crippen LogP contribution < -0.4 is 10.1 Å². The molecule has 0 aliphatic rings. The van der Waals surface area contributed by atoms with Crippen molar-refractivity contribution in [3.05, 3.63) is 24.3 Å². The number of thioether (sulfide) groups is 1. The Morgan fingerprint density at radius 3 is 2.74 bits per heavy atom. The molecule has 124 valence electrons. The maximum atomic E-state index is 11.7. The molecule has 1 N–H and O–H groups in total. The van der Waals surface area contributed by atoms with Crippen molar-refractivity contribution < 1.29 is 14.3 Å². The number of para-hydroxylation sites is 2. The topological polar surface area (TPSA) is 73.3 Å². The van der Waals surface area contributed by atoms with Crippen LogP contribution in [0.2, 0.25) is 0 Å². The molecule has 0 atom stereocenters. The molecule has 0 fully saturated rings. The first-order chi connectivity index (χ1) is 10.9. The predicted molar refractivity (Wildman–Crippen MR) is 92.8 cm³/mol. The number of hydrogen-bond acceptors (Lipinski definition) is 8. The Morgan fingerprint density at radius 2 is 2.04 bits per heavy atom. The van der Waals surface area contributed by atoms with E-state index < -0.39 is 5.60 Å². The SMILES string of the molecule is COc1ccccc1Nc1nnc(SCC(=O)OC(C)(C)C)s1. The highest BCUT2D eigenvalue weighted by molar-refractivity contribution is 8.01. The first-order valence-corrected chi connectivity index (χ1v) is 8.76. The monoisotopic (exact) mass is 353 g/mol. The van der Waals surface area contributed by atoms with Gasteiger partial charge in [-0.2, -0.15) is 0 Å². The molecule has 2 aromatic rings. The minimum absolute atomic E-state index is 0.209. The quantitative estimate of drug-likeness (QED) is 0.626. The zero-order chi connectivity index (χ0) is 16.9. The van der Waals surface area contributed by atoms with Gasteiger partial charge in [0.15, 0.2) is 4.34 Å². The Kier molecular flexibility index (Phi) is 5.84. The third kappa shape index (κ3) is 5.72. The molecule has 2 rings (SSSR count). The fourth-order valence-electron chi connectivity index (χ4n) is 1.67. The number of carbonyl (C=O) groups excluding carboxylic acids is 1. The van der Waals surface area contributed by atoms with Gasteiger partial charge in [-0.25, -0.2) is 0 Å². The van der Waals surface area contributed by atoms with Crippen LogP contribution in [0.15, 0.2) is 28.6 Å². The second-order valence-electron chi connectivity index (χ2n) is 5.57. The number of methoxy groups -OCH3 is 1. The lowest BCUT2D eigenvalue weighted by Gasteiger charge is -2.18. The number of benzene rings is 1. The van der Waals surface area contributed by atoms with Crippen LogP contribution in [-0.2, 0) is 9.53 Å². The summed E-state index contributed by atoms with van der Waals surface area (Å²) in [6.07, 6.45) is 0. The summed E-state index contributed by atoms with van der Waals surface area (Å²) >= 11 is 2.68. The van der Waals surface area contributed by atoms with Gasteiger partial charge in [0.2, 0.25) is 5.13 Å². The lowest BCUT2D eigenvalue weighted by molar-refractivity contribution is -0.151. The van der Waals surface area contributed by atoms with Crippen LogP contribution in [0.1, 0.15) is 20.8 Å². The zero-order valence-corrected chi connectivity index (χ0v) is 15.1. The van der Waals surface area contributed by atoms with E-state index in [-0.39, 0.29) is 11.7 Å². The molecular formula is C15H19N3O3S2. The largest absolute Gasteiger partial charge is 0.495 e. The van der Waals surface area contributed by atoms with Gasteiger partial charge in [0.25, 0.3) is 0 Å². The molecule has 0 saturated carbocycles. The van der Waals surface area contributed by atoms with E-state index in [1.165, 1.54) is 23.1 Å². The molecule has 0 amide bonds. The summed E-state index contributed by atoms with van der Waals surface area (Å²) in [4.78, 5) is 11.7. The zero-order valence-electron chi connectivity index (χ0n) is 13.5. The number of ether oxygens (including phenoxy) is 2. The van der Waals surface area contributed by atoms with Gasteiger partial charge in [0.05, 0.1) is 18.6 Å². The number of esters is 1. The molecule has 1 aromatic carbocycles. The molecule has 1 heterocycles. The molecule has 0 aliphatic heterocycles. The fraction of sp³-hybridized carbons (Fsp3) is 0.400. The van der Waals surface area contributed by atoms with Crippen molar-refractivity contribution in [1.29, 1.82) is 0 Å². The van der Waals surface area contributed by atoms with Crippen LogP contribution >= 0.6 is 23.1 Å². The van der Waals surface area contributed by atoms with Crippen LogP contribution in [-0.4, -0.2) is 34.6 Å². The van der Waals surface area contributed by atoms with Crippen molar-refractivity contribution in [3.63, 3.8) is 0 Å². The number of anilines is 2. The molecular weight excluding hydrogens is 334 g/mol. The highest BCUT2D eigenvalue weighted by Crippen LogP contribution is 2.31. The fourth-order valence-corrected chi connectivity index (χ4v) is 3.21. The number of nitrogens with zero attached hydrogens (tertiary/aromatic N) is 2. The van der Waals surface area contributed by atoms with E-state index in [1.54, 1.807) is 7.11 Å². The van der Waals surface area contributed by atoms with Crippen molar-refractivity contribution >= 4 is 39.9 Å². The molecule has 23 heavy (non-hydrogen) atoms. The van der Waals surface area contributed by atoms with E-state index in [2.05, 4.69) is 15.5 Å². The van der Waals surface area contributed by atoms with Crippen LogP contribution in [0, 0.1) is 0 Å².